The highest BCUT2D eigenvalue weighted by Crippen LogP contribution is 2.47. The summed E-state index contributed by atoms with van der Waals surface area (Å²) in [5.41, 5.74) is 9.41. The van der Waals surface area contributed by atoms with Gasteiger partial charge in [-0.25, -0.2) is 4.98 Å². The van der Waals surface area contributed by atoms with Crippen molar-refractivity contribution in [2.75, 3.05) is 0 Å². The Morgan fingerprint density at radius 1 is 0.458 bits per heavy atom. The third-order valence-electron chi connectivity index (χ3n) is 9.59. The number of benzene rings is 8. The predicted molar refractivity (Wildman–Crippen MR) is 205 cm³/mol. The molecule has 2 heterocycles. The second-order valence-electron chi connectivity index (χ2n) is 12.4. The van der Waals surface area contributed by atoms with E-state index in [0.29, 0.717) is 0 Å². The van der Waals surface area contributed by atoms with Crippen molar-refractivity contribution in [2.45, 2.75) is 0 Å². The maximum atomic E-state index is 4.94. The van der Waals surface area contributed by atoms with E-state index >= 15 is 0 Å². The van der Waals surface area contributed by atoms with Gasteiger partial charge in [0.15, 0.2) is 0 Å². The number of para-hydroxylation sites is 1. The Labute approximate surface area is 281 Å². The van der Waals surface area contributed by atoms with E-state index in [1.54, 1.807) is 11.3 Å². The van der Waals surface area contributed by atoms with Crippen LogP contribution in [0.1, 0.15) is 0 Å². The van der Waals surface area contributed by atoms with Crippen molar-refractivity contribution < 1.29 is 0 Å². The number of thiazole rings is 1. The molecule has 2 nitrogen and oxygen atoms in total. The summed E-state index contributed by atoms with van der Waals surface area (Å²) in [5, 5.41) is 9.77. The summed E-state index contributed by atoms with van der Waals surface area (Å²) in [6.07, 6.45) is 0. The summed E-state index contributed by atoms with van der Waals surface area (Å²) in [4.78, 5) is 4.94. The molecule has 0 unspecified atom stereocenters. The van der Waals surface area contributed by atoms with E-state index in [1.165, 1.54) is 70.3 Å². The van der Waals surface area contributed by atoms with Crippen molar-refractivity contribution in [2.24, 2.45) is 0 Å². The van der Waals surface area contributed by atoms with Crippen LogP contribution in [0.2, 0.25) is 0 Å². The zero-order valence-corrected chi connectivity index (χ0v) is 26.8. The lowest BCUT2D eigenvalue weighted by Crippen LogP contribution is -1.97. The minimum Gasteiger partial charge on any atom is -0.309 e. The van der Waals surface area contributed by atoms with E-state index in [0.717, 1.165) is 21.8 Å². The van der Waals surface area contributed by atoms with Crippen molar-refractivity contribution in [3.63, 3.8) is 0 Å². The van der Waals surface area contributed by atoms with E-state index in [1.807, 2.05) is 0 Å². The molecule has 0 atom stereocenters. The molecule has 0 bridgehead atoms. The van der Waals surface area contributed by atoms with Gasteiger partial charge in [-0.2, -0.15) is 0 Å². The van der Waals surface area contributed by atoms with Gasteiger partial charge in [-0.1, -0.05) is 133 Å². The molecule has 48 heavy (non-hydrogen) atoms. The second-order valence-corrected chi connectivity index (χ2v) is 13.4. The van der Waals surface area contributed by atoms with Crippen molar-refractivity contribution in [3.8, 4) is 38.6 Å². The summed E-state index contributed by atoms with van der Waals surface area (Å²) < 4.78 is 3.69. The van der Waals surface area contributed by atoms with Crippen LogP contribution in [0.15, 0.2) is 170 Å². The van der Waals surface area contributed by atoms with E-state index in [2.05, 4.69) is 174 Å². The molecule has 224 valence electrons. The smallest absolute Gasteiger partial charge is 0.124 e. The fourth-order valence-corrected chi connectivity index (χ4v) is 8.36. The molecular formula is C45H28N2S. The number of hydrogen-bond acceptors (Lipinski definition) is 2. The SMILES string of the molecule is c1ccc(-c2c(-c3ccccc3)n(-c3ccc4ccccc4c3)c3ccc4c5ccc(-c6nc7ccccc7s6)cc5ccc4c23)cc1. The molecule has 0 saturated heterocycles. The third-order valence-corrected chi connectivity index (χ3v) is 10.7. The molecule has 3 heteroatoms. The highest BCUT2D eigenvalue weighted by atomic mass is 32.1. The Kier molecular flexibility index (Phi) is 6.08. The van der Waals surface area contributed by atoms with Crippen molar-refractivity contribution >= 4 is 64.8 Å². The number of hydrogen-bond donors (Lipinski definition) is 0. The molecular weight excluding hydrogens is 601 g/mol. The molecule has 0 aliphatic rings. The molecule has 0 saturated carbocycles. The highest BCUT2D eigenvalue weighted by molar-refractivity contribution is 7.21. The molecule has 10 aromatic rings. The standard InChI is InChI=1S/C45H28N2S/c1-3-12-30(13-4-1)42-43-38-24-20-33-27-34(45-46-39-17-9-10-18-41(39)48-45)21-23-36(33)37(38)25-26-40(43)47(44(42)31-14-5-2-6-15-31)35-22-19-29-11-7-8-16-32(29)28-35/h1-28H. The maximum absolute atomic E-state index is 4.94. The van der Waals surface area contributed by atoms with Crippen LogP contribution in [0.4, 0.5) is 0 Å². The van der Waals surface area contributed by atoms with Gasteiger partial charge in [0, 0.05) is 22.2 Å². The number of rotatable bonds is 4. The topological polar surface area (TPSA) is 17.8 Å². The Morgan fingerprint density at radius 3 is 1.98 bits per heavy atom. The van der Waals surface area contributed by atoms with Crippen LogP contribution in [0.5, 0.6) is 0 Å². The van der Waals surface area contributed by atoms with Gasteiger partial charge in [-0.05, 0) is 79.8 Å². The van der Waals surface area contributed by atoms with E-state index < -0.39 is 0 Å². The van der Waals surface area contributed by atoms with Gasteiger partial charge in [0.25, 0.3) is 0 Å². The molecule has 2 aromatic heterocycles. The number of nitrogens with zero attached hydrogens (tertiary/aromatic N) is 2. The molecule has 0 amide bonds. The largest absolute Gasteiger partial charge is 0.309 e. The highest BCUT2D eigenvalue weighted by Gasteiger charge is 2.23. The molecule has 0 N–H and O–H groups in total. The van der Waals surface area contributed by atoms with E-state index in [4.69, 9.17) is 4.98 Å². The maximum Gasteiger partial charge on any atom is 0.124 e. The molecule has 10 rings (SSSR count). The van der Waals surface area contributed by atoms with Crippen LogP contribution in [0.3, 0.4) is 0 Å². The molecule has 0 aliphatic heterocycles. The Hall–Kier alpha value is -6.03. The van der Waals surface area contributed by atoms with Gasteiger partial charge in [-0.15, -0.1) is 11.3 Å². The first-order chi connectivity index (χ1) is 23.8. The zero-order chi connectivity index (χ0) is 31.6. The summed E-state index contributed by atoms with van der Waals surface area (Å²) in [6.45, 7) is 0. The summed E-state index contributed by atoms with van der Waals surface area (Å²) in [6, 6.07) is 61.6. The van der Waals surface area contributed by atoms with Crippen LogP contribution in [0, 0.1) is 0 Å². The Bertz CT molecular complexity index is 2790. The van der Waals surface area contributed by atoms with Crippen molar-refractivity contribution in [3.05, 3.63) is 170 Å². The van der Waals surface area contributed by atoms with Gasteiger partial charge < -0.3 is 4.57 Å². The van der Waals surface area contributed by atoms with Crippen LogP contribution in [-0.4, -0.2) is 9.55 Å². The lowest BCUT2D eigenvalue weighted by molar-refractivity contribution is 1.14. The van der Waals surface area contributed by atoms with E-state index in [-0.39, 0.29) is 0 Å². The van der Waals surface area contributed by atoms with Crippen LogP contribution >= 0.6 is 11.3 Å². The van der Waals surface area contributed by atoms with Gasteiger partial charge in [0.05, 0.1) is 21.4 Å². The van der Waals surface area contributed by atoms with Crippen LogP contribution in [-0.2, 0) is 0 Å². The fraction of sp³-hybridized carbons (Fsp3) is 0. The molecule has 8 aromatic carbocycles. The molecule has 0 radical (unpaired) electrons. The van der Waals surface area contributed by atoms with Crippen molar-refractivity contribution in [1.82, 2.24) is 9.55 Å². The van der Waals surface area contributed by atoms with Crippen LogP contribution in [0.25, 0.3) is 92.1 Å². The summed E-state index contributed by atoms with van der Waals surface area (Å²) >= 11 is 1.75. The molecule has 0 aliphatic carbocycles. The average Bonchev–Trinajstić information content (AvgIpc) is 3.75. The monoisotopic (exact) mass is 628 g/mol. The first-order valence-corrected chi connectivity index (χ1v) is 17.1. The summed E-state index contributed by atoms with van der Waals surface area (Å²) in [7, 11) is 0. The zero-order valence-electron chi connectivity index (χ0n) is 26.0. The lowest BCUT2D eigenvalue weighted by Gasteiger charge is -2.14. The van der Waals surface area contributed by atoms with Gasteiger partial charge in [0.1, 0.15) is 5.01 Å². The molecule has 0 spiro atoms. The third kappa shape index (κ3) is 4.22. The molecule has 0 fully saturated rings. The Morgan fingerprint density at radius 2 is 1.15 bits per heavy atom. The average molecular weight is 629 g/mol. The summed E-state index contributed by atoms with van der Waals surface area (Å²) in [5.74, 6) is 0. The fourth-order valence-electron chi connectivity index (χ4n) is 7.40. The van der Waals surface area contributed by atoms with Gasteiger partial charge in [-0.3, -0.25) is 0 Å². The van der Waals surface area contributed by atoms with Gasteiger partial charge >= 0.3 is 0 Å². The second kappa shape index (κ2) is 10.8. The lowest BCUT2D eigenvalue weighted by atomic mass is 9.93. The first kappa shape index (κ1) is 27.1. The Balaban J connectivity index is 1.29. The normalized spacial score (nSPS) is 11.8. The minimum atomic E-state index is 1.05. The van der Waals surface area contributed by atoms with Crippen molar-refractivity contribution in [1.29, 1.82) is 0 Å². The van der Waals surface area contributed by atoms with Gasteiger partial charge in [0.2, 0.25) is 0 Å². The van der Waals surface area contributed by atoms with E-state index in [9.17, 15) is 0 Å². The predicted octanol–water partition coefficient (Wildman–Crippen LogP) is 12.7. The quantitative estimate of drug-likeness (QED) is 0.177. The first-order valence-electron chi connectivity index (χ1n) is 16.3. The number of aromatic nitrogens is 2. The van der Waals surface area contributed by atoms with Crippen LogP contribution < -0.4 is 0 Å². The minimum absolute atomic E-state index is 1.05. The number of fused-ring (bicyclic) bond motifs is 7.